The van der Waals surface area contributed by atoms with Crippen LogP contribution in [0.25, 0.3) is 22.5 Å². The Kier molecular flexibility index (Phi) is 5.93. The van der Waals surface area contributed by atoms with E-state index in [-0.39, 0.29) is 5.56 Å². The average molecular weight is 415 g/mol. The molecule has 0 fully saturated rings. The maximum atomic E-state index is 11.6. The number of aromatic amines is 1. The highest BCUT2D eigenvalue weighted by molar-refractivity contribution is 5.92. The largest absolute Gasteiger partial charge is 0.477 e. The van der Waals surface area contributed by atoms with E-state index in [0.717, 1.165) is 28.7 Å². The first-order valence-corrected chi connectivity index (χ1v) is 9.87. The van der Waals surface area contributed by atoms with Crippen LogP contribution in [0.5, 0.6) is 0 Å². The molecule has 4 rings (SSSR count). The third-order valence-electron chi connectivity index (χ3n) is 4.87. The van der Waals surface area contributed by atoms with Gasteiger partial charge in [-0.15, -0.1) is 10.2 Å². The number of rotatable bonds is 8. The van der Waals surface area contributed by atoms with Crippen LogP contribution in [-0.4, -0.2) is 48.2 Å². The number of carbonyl (C=O) groups is 1. The Balaban J connectivity index is 1.61. The van der Waals surface area contributed by atoms with Crippen molar-refractivity contribution in [1.82, 2.24) is 30.6 Å². The zero-order valence-electron chi connectivity index (χ0n) is 16.9. The number of hydrogen-bond acceptors (Lipinski definition) is 7. The van der Waals surface area contributed by atoms with Gasteiger partial charge in [0.25, 0.3) is 0 Å². The monoisotopic (exact) mass is 415 g/mol. The molecule has 0 atom stereocenters. The van der Waals surface area contributed by atoms with Crippen LogP contribution in [0.1, 0.15) is 29.3 Å². The summed E-state index contributed by atoms with van der Waals surface area (Å²) in [5.41, 5.74) is 4.07. The predicted octanol–water partition coefficient (Wildman–Crippen LogP) is 3.44. The van der Waals surface area contributed by atoms with E-state index >= 15 is 0 Å². The normalized spacial score (nSPS) is 10.7. The molecule has 4 aromatic rings. The molecule has 31 heavy (non-hydrogen) atoms. The Morgan fingerprint density at radius 1 is 1.10 bits per heavy atom. The zero-order chi connectivity index (χ0) is 21.6. The van der Waals surface area contributed by atoms with Gasteiger partial charge < -0.3 is 10.0 Å². The van der Waals surface area contributed by atoms with Crippen molar-refractivity contribution in [3.63, 3.8) is 0 Å². The Bertz CT molecular complexity index is 1160. The summed E-state index contributed by atoms with van der Waals surface area (Å²) in [7, 11) is 0. The molecule has 2 heterocycles. The van der Waals surface area contributed by atoms with Crippen molar-refractivity contribution in [3.05, 3.63) is 72.2 Å². The second kappa shape index (κ2) is 9.12. The highest BCUT2D eigenvalue weighted by atomic mass is 16.4. The van der Waals surface area contributed by atoms with E-state index in [0.29, 0.717) is 24.7 Å². The molecule has 0 unspecified atom stereocenters. The summed E-state index contributed by atoms with van der Waals surface area (Å²) < 4.78 is 0. The van der Waals surface area contributed by atoms with Gasteiger partial charge in [0.15, 0.2) is 0 Å². The van der Waals surface area contributed by atoms with Gasteiger partial charge in [-0.2, -0.15) is 5.21 Å². The van der Waals surface area contributed by atoms with Gasteiger partial charge in [0.1, 0.15) is 17.7 Å². The van der Waals surface area contributed by atoms with Gasteiger partial charge in [0, 0.05) is 24.8 Å². The molecule has 0 aliphatic carbocycles. The third-order valence-corrected chi connectivity index (χ3v) is 4.87. The third kappa shape index (κ3) is 4.40. The summed E-state index contributed by atoms with van der Waals surface area (Å²) in [5.74, 6) is -0.0697. The number of carboxylic acid groups (broad SMARTS) is 1. The Labute approximate surface area is 178 Å². The summed E-state index contributed by atoms with van der Waals surface area (Å²) in [6.07, 6.45) is 3.58. The lowest BCUT2D eigenvalue weighted by atomic mass is 9.98. The first-order chi connectivity index (χ1) is 15.2. The molecule has 0 saturated heterocycles. The topological polar surface area (TPSA) is 121 Å². The minimum Gasteiger partial charge on any atom is -0.477 e. The molecule has 156 valence electrons. The minimum atomic E-state index is -1.04. The van der Waals surface area contributed by atoms with Crippen LogP contribution in [0.15, 0.2) is 61.1 Å². The van der Waals surface area contributed by atoms with Crippen molar-refractivity contribution < 1.29 is 9.90 Å². The number of H-pyrrole nitrogens is 1. The van der Waals surface area contributed by atoms with Crippen LogP contribution in [0, 0.1) is 0 Å². The maximum absolute atomic E-state index is 11.6. The number of nitrogens with one attached hydrogen (secondary N) is 1. The fourth-order valence-electron chi connectivity index (χ4n) is 3.47. The van der Waals surface area contributed by atoms with Crippen LogP contribution in [-0.2, 0) is 6.54 Å². The van der Waals surface area contributed by atoms with Gasteiger partial charge in [-0.3, -0.25) is 0 Å². The number of aromatic nitrogens is 6. The molecule has 0 saturated carbocycles. The first kappa shape index (κ1) is 20.1. The first-order valence-electron chi connectivity index (χ1n) is 9.87. The lowest BCUT2D eigenvalue weighted by Gasteiger charge is -2.24. The molecule has 2 N–H and O–H groups in total. The van der Waals surface area contributed by atoms with Gasteiger partial charge in [-0.25, -0.2) is 14.8 Å². The van der Waals surface area contributed by atoms with Crippen molar-refractivity contribution in [1.29, 1.82) is 0 Å². The van der Waals surface area contributed by atoms with E-state index in [2.05, 4.69) is 30.6 Å². The van der Waals surface area contributed by atoms with Crippen LogP contribution < -0.4 is 4.90 Å². The van der Waals surface area contributed by atoms with E-state index in [1.165, 1.54) is 12.5 Å². The SMILES string of the molecule is CCCN(Cc1ccc(-c2ccccc2-c2nn[nH]n2)cc1)c1ncncc1C(=O)O. The Morgan fingerprint density at radius 3 is 2.55 bits per heavy atom. The molecular formula is C22H21N7O2. The number of aromatic carboxylic acids is 1. The van der Waals surface area contributed by atoms with E-state index in [1.54, 1.807) is 0 Å². The molecule has 2 aromatic heterocycles. The molecule has 0 aliphatic rings. The molecule has 0 bridgehead atoms. The van der Waals surface area contributed by atoms with Crippen LogP contribution in [0.3, 0.4) is 0 Å². The summed E-state index contributed by atoms with van der Waals surface area (Å²) in [6, 6.07) is 16.0. The maximum Gasteiger partial charge on any atom is 0.341 e. The van der Waals surface area contributed by atoms with Crippen molar-refractivity contribution in [2.24, 2.45) is 0 Å². The van der Waals surface area contributed by atoms with Gasteiger partial charge in [0.2, 0.25) is 5.82 Å². The lowest BCUT2D eigenvalue weighted by Crippen LogP contribution is -2.26. The highest BCUT2D eigenvalue weighted by Gasteiger charge is 2.18. The number of tetrazole rings is 1. The quantitative estimate of drug-likeness (QED) is 0.449. The number of nitrogens with zero attached hydrogens (tertiary/aromatic N) is 6. The second-order valence-corrected chi connectivity index (χ2v) is 6.96. The summed E-state index contributed by atoms with van der Waals surface area (Å²) in [6.45, 7) is 3.27. The van der Waals surface area contributed by atoms with Crippen LogP contribution in [0.4, 0.5) is 5.82 Å². The molecule has 9 heteroatoms. The lowest BCUT2D eigenvalue weighted by molar-refractivity contribution is 0.0696. The van der Waals surface area contributed by atoms with Crippen molar-refractivity contribution in [3.8, 4) is 22.5 Å². The molecule has 0 spiro atoms. The molecular weight excluding hydrogens is 394 g/mol. The van der Waals surface area contributed by atoms with Gasteiger partial charge >= 0.3 is 5.97 Å². The highest BCUT2D eigenvalue weighted by Crippen LogP contribution is 2.30. The van der Waals surface area contributed by atoms with Gasteiger partial charge in [0.05, 0.1) is 0 Å². The Morgan fingerprint density at radius 2 is 1.87 bits per heavy atom. The average Bonchev–Trinajstić information content (AvgIpc) is 3.34. The standard InChI is InChI=1S/C22H21N7O2/c1-2-11-29(21-19(22(30)31)12-23-14-24-21)13-15-7-9-16(10-8-15)17-5-3-4-6-18(17)20-25-27-28-26-20/h3-10,12,14H,2,11,13H2,1H3,(H,30,31)(H,25,26,27,28). The number of carboxylic acids is 1. The van der Waals surface area contributed by atoms with Crippen molar-refractivity contribution in [2.75, 3.05) is 11.4 Å². The van der Waals surface area contributed by atoms with E-state index in [9.17, 15) is 9.90 Å². The zero-order valence-corrected chi connectivity index (χ0v) is 16.9. The number of benzene rings is 2. The summed E-state index contributed by atoms with van der Waals surface area (Å²) in [5, 5.41) is 23.8. The number of anilines is 1. The second-order valence-electron chi connectivity index (χ2n) is 6.96. The molecule has 2 aromatic carbocycles. The molecule has 9 nitrogen and oxygen atoms in total. The fraction of sp³-hybridized carbons (Fsp3) is 0.182. The summed E-state index contributed by atoms with van der Waals surface area (Å²) >= 11 is 0. The molecule has 0 radical (unpaired) electrons. The van der Waals surface area contributed by atoms with E-state index in [4.69, 9.17) is 0 Å². The number of hydrogen-bond donors (Lipinski definition) is 2. The Hall–Kier alpha value is -4.14. The smallest absolute Gasteiger partial charge is 0.341 e. The predicted molar refractivity (Wildman–Crippen MR) is 115 cm³/mol. The van der Waals surface area contributed by atoms with Crippen LogP contribution in [0.2, 0.25) is 0 Å². The van der Waals surface area contributed by atoms with E-state index < -0.39 is 5.97 Å². The summed E-state index contributed by atoms with van der Waals surface area (Å²) in [4.78, 5) is 21.6. The van der Waals surface area contributed by atoms with Crippen molar-refractivity contribution in [2.45, 2.75) is 19.9 Å². The van der Waals surface area contributed by atoms with Crippen LogP contribution >= 0.6 is 0 Å². The van der Waals surface area contributed by atoms with Gasteiger partial charge in [-0.05, 0) is 28.3 Å². The van der Waals surface area contributed by atoms with Crippen molar-refractivity contribution >= 4 is 11.8 Å². The molecule has 0 amide bonds. The van der Waals surface area contributed by atoms with E-state index in [1.807, 2.05) is 60.4 Å². The molecule has 0 aliphatic heterocycles. The fourth-order valence-corrected chi connectivity index (χ4v) is 3.47. The minimum absolute atomic E-state index is 0.0987. The van der Waals surface area contributed by atoms with Gasteiger partial charge in [-0.1, -0.05) is 55.5 Å².